The SMILES string of the molecule is CC(C)(C)c1ccc2nc(Cl)cn2n1. The molecule has 0 bridgehead atoms. The number of hydrogen-bond donors (Lipinski definition) is 0. The van der Waals surface area contributed by atoms with Crippen molar-refractivity contribution < 1.29 is 0 Å². The van der Waals surface area contributed by atoms with Crippen LogP contribution in [0, 0.1) is 0 Å². The van der Waals surface area contributed by atoms with E-state index in [1.165, 1.54) is 0 Å². The number of hydrogen-bond acceptors (Lipinski definition) is 2. The van der Waals surface area contributed by atoms with Crippen molar-refractivity contribution in [1.82, 2.24) is 14.6 Å². The molecule has 0 aliphatic carbocycles. The monoisotopic (exact) mass is 209 g/mol. The van der Waals surface area contributed by atoms with Crippen LogP contribution < -0.4 is 0 Å². The minimum absolute atomic E-state index is 0.0466. The molecule has 14 heavy (non-hydrogen) atoms. The topological polar surface area (TPSA) is 30.2 Å². The molecular formula is C10H12ClN3. The van der Waals surface area contributed by atoms with Crippen LogP contribution in [0.4, 0.5) is 0 Å². The maximum absolute atomic E-state index is 5.78. The van der Waals surface area contributed by atoms with Gasteiger partial charge in [0.2, 0.25) is 0 Å². The summed E-state index contributed by atoms with van der Waals surface area (Å²) in [4.78, 5) is 4.10. The van der Waals surface area contributed by atoms with E-state index in [2.05, 4.69) is 30.9 Å². The first kappa shape index (κ1) is 9.46. The van der Waals surface area contributed by atoms with Crippen molar-refractivity contribution in [2.24, 2.45) is 0 Å². The zero-order chi connectivity index (χ0) is 10.3. The van der Waals surface area contributed by atoms with E-state index in [9.17, 15) is 0 Å². The number of imidazole rings is 1. The van der Waals surface area contributed by atoms with E-state index < -0.39 is 0 Å². The highest BCUT2D eigenvalue weighted by Gasteiger charge is 2.16. The Balaban J connectivity index is 2.62. The first-order valence-corrected chi connectivity index (χ1v) is 4.87. The van der Waals surface area contributed by atoms with Crippen molar-refractivity contribution >= 4 is 17.2 Å². The van der Waals surface area contributed by atoms with Gasteiger partial charge in [0.05, 0.1) is 11.9 Å². The van der Waals surface area contributed by atoms with Gasteiger partial charge in [-0.25, -0.2) is 9.50 Å². The van der Waals surface area contributed by atoms with Crippen LogP contribution in [0.3, 0.4) is 0 Å². The van der Waals surface area contributed by atoms with Crippen molar-refractivity contribution in [3.63, 3.8) is 0 Å². The quantitative estimate of drug-likeness (QED) is 0.668. The predicted molar refractivity (Wildman–Crippen MR) is 56.7 cm³/mol. The van der Waals surface area contributed by atoms with Gasteiger partial charge < -0.3 is 0 Å². The van der Waals surface area contributed by atoms with E-state index in [0.29, 0.717) is 5.15 Å². The number of halogens is 1. The lowest BCUT2D eigenvalue weighted by atomic mass is 9.92. The number of rotatable bonds is 0. The van der Waals surface area contributed by atoms with Crippen molar-refractivity contribution in [3.05, 3.63) is 29.2 Å². The first-order valence-electron chi connectivity index (χ1n) is 4.49. The molecular weight excluding hydrogens is 198 g/mol. The van der Waals surface area contributed by atoms with Crippen LogP contribution in [0.25, 0.3) is 5.65 Å². The smallest absolute Gasteiger partial charge is 0.155 e. The molecule has 0 aliphatic rings. The molecule has 74 valence electrons. The molecule has 0 amide bonds. The zero-order valence-electron chi connectivity index (χ0n) is 8.45. The summed E-state index contributed by atoms with van der Waals surface area (Å²) in [5.74, 6) is 0. The summed E-state index contributed by atoms with van der Waals surface area (Å²) in [6.07, 6.45) is 1.71. The summed E-state index contributed by atoms with van der Waals surface area (Å²) >= 11 is 5.78. The van der Waals surface area contributed by atoms with Crippen LogP contribution in [-0.4, -0.2) is 14.6 Å². The van der Waals surface area contributed by atoms with Crippen LogP contribution in [0.15, 0.2) is 18.3 Å². The molecule has 2 aromatic heterocycles. The molecule has 2 aromatic rings. The fourth-order valence-electron chi connectivity index (χ4n) is 1.25. The fourth-order valence-corrected chi connectivity index (χ4v) is 1.43. The van der Waals surface area contributed by atoms with Crippen LogP contribution in [-0.2, 0) is 5.41 Å². The van der Waals surface area contributed by atoms with Gasteiger partial charge >= 0.3 is 0 Å². The van der Waals surface area contributed by atoms with Crippen LogP contribution in [0.1, 0.15) is 26.5 Å². The van der Waals surface area contributed by atoms with E-state index in [-0.39, 0.29) is 5.41 Å². The van der Waals surface area contributed by atoms with Gasteiger partial charge in [0.15, 0.2) is 5.65 Å². The molecule has 0 unspecified atom stereocenters. The molecule has 0 atom stereocenters. The van der Waals surface area contributed by atoms with Crippen molar-refractivity contribution in [3.8, 4) is 0 Å². The van der Waals surface area contributed by atoms with E-state index >= 15 is 0 Å². The normalized spacial score (nSPS) is 12.3. The third-order valence-electron chi connectivity index (χ3n) is 2.06. The number of aromatic nitrogens is 3. The van der Waals surface area contributed by atoms with Gasteiger partial charge in [-0.1, -0.05) is 32.4 Å². The predicted octanol–water partition coefficient (Wildman–Crippen LogP) is 2.68. The lowest BCUT2D eigenvalue weighted by Crippen LogP contribution is -2.15. The highest BCUT2D eigenvalue weighted by atomic mass is 35.5. The van der Waals surface area contributed by atoms with Gasteiger partial charge in [-0.3, -0.25) is 0 Å². The second-order valence-corrected chi connectivity index (χ2v) is 4.72. The molecule has 0 aromatic carbocycles. The molecule has 2 rings (SSSR count). The van der Waals surface area contributed by atoms with Gasteiger partial charge in [-0.05, 0) is 12.1 Å². The average molecular weight is 210 g/mol. The Morgan fingerprint density at radius 3 is 2.64 bits per heavy atom. The average Bonchev–Trinajstić information content (AvgIpc) is 2.41. The molecule has 2 heterocycles. The third kappa shape index (κ3) is 1.60. The number of fused-ring (bicyclic) bond motifs is 1. The lowest BCUT2D eigenvalue weighted by molar-refractivity contribution is 0.554. The first-order chi connectivity index (χ1) is 6.47. The molecule has 0 aliphatic heterocycles. The van der Waals surface area contributed by atoms with Crippen molar-refractivity contribution in [2.45, 2.75) is 26.2 Å². The Morgan fingerprint density at radius 1 is 1.29 bits per heavy atom. The van der Waals surface area contributed by atoms with Gasteiger partial charge in [-0.2, -0.15) is 5.10 Å². The second kappa shape index (κ2) is 2.95. The molecule has 0 radical (unpaired) electrons. The van der Waals surface area contributed by atoms with Crippen molar-refractivity contribution in [2.75, 3.05) is 0 Å². The molecule has 0 saturated heterocycles. The van der Waals surface area contributed by atoms with E-state index in [1.807, 2.05) is 12.1 Å². The molecule has 4 heteroatoms. The minimum Gasteiger partial charge on any atom is -0.219 e. The Labute approximate surface area is 87.7 Å². The summed E-state index contributed by atoms with van der Waals surface area (Å²) < 4.78 is 1.71. The molecule has 0 spiro atoms. The van der Waals surface area contributed by atoms with E-state index in [1.54, 1.807) is 10.7 Å². The Kier molecular flexibility index (Phi) is 2.00. The molecule has 0 N–H and O–H groups in total. The summed E-state index contributed by atoms with van der Waals surface area (Å²) in [5, 5.41) is 4.91. The fraction of sp³-hybridized carbons (Fsp3) is 0.400. The largest absolute Gasteiger partial charge is 0.219 e. The highest BCUT2D eigenvalue weighted by Crippen LogP contribution is 2.20. The van der Waals surface area contributed by atoms with Crippen LogP contribution in [0.2, 0.25) is 5.15 Å². The summed E-state index contributed by atoms with van der Waals surface area (Å²) in [5.41, 5.74) is 1.85. The summed E-state index contributed by atoms with van der Waals surface area (Å²) in [6.45, 7) is 6.37. The zero-order valence-corrected chi connectivity index (χ0v) is 9.21. The standard InChI is InChI=1S/C10H12ClN3/c1-10(2,3)7-4-5-9-12-8(11)6-14(9)13-7/h4-6H,1-3H3. The molecule has 0 saturated carbocycles. The van der Waals surface area contributed by atoms with Gasteiger partial charge in [0.25, 0.3) is 0 Å². The van der Waals surface area contributed by atoms with Crippen LogP contribution in [0.5, 0.6) is 0 Å². The maximum atomic E-state index is 5.78. The van der Waals surface area contributed by atoms with Crippen LogP contribution >= 0.6 is 11.6 Å². The minimum atomic E-state index is 0.0466. The summed E-state index contributed by atoms with van der Waals surface area (Å²) in [7, 11) is 0. The van der Waals surface area contributed by atoms with Gasteiger partial charge in [-0.15, -0.1) is 0 Å². The third-order valence-corrected chi connectivity index (χ3v) is 2.24. The van der Waals surface area contributed by atoms with E-state index in [4.69, 9.17) is 11.6 Å². The Morgan fingerprint density at radius 2 is 2.00 bits per heavy atom. The summed E-state index contributed by atoms with van der Waals surface area (Å²) in [6, 6.07) is 3.91. The number of nitrogens with zero attached hydrogens (tertiary/aromatic N) is 3. The van der Waals surface area contributed by atoms with Gasteiger partial charge in [0.1, 0.15) is 5.15 Å². The maximum Gasteiger partial charge on any atom is 0.155 e. The Bertz CT molecular complexity index is 468. The highest BCUT2D eigenvalue weighted by molar-refractivity contribution is 6.29. The second-order valence-electron chi connectivity index (χ2n) is 4.33. The van der Waals surface area contributed by atoms with Gasteiger partial charge in [0, 0.05) is 5.41 Å². The van der Waals surface area contributed by atoms with E-state index in [0.717, 1.165) is 11.3 Å². The van der Waals surface area contributed by atoms with Crippen molar-refractivity contribution in [1.29, 1.82) is 0 Å². The molecule has 3 nitrogen and oxygen atoms in total. The Hall–Kier alpha value is -1.09. The molecule has 0 fully saturated rings. The lowest BCUT2D eigenvalue weighted by Gasteiger charge is -2.16.